The van der Waals surface area contributed by atoms with E-state index in [9.17, 15) is 9.59 Å². The molecule has 2 aliphatic heterocycles. The summed E-state index contributed by atoms with van der Waals surface area (Å²) < 4.78 is 11.5. The zero-order valence-corrected chi connectivity index (χ0v) is 23.2. The van der Waals surface area contributed by atoms with E-state index in [0.717, 1.165) is 40.8 Å². The second-order valence-electron chi connectivity index (χ2n) is 10.5. The van der Waals surface area contributed by atoms with Crippen LogP contribution < -0.4 is 19.3 Å². The van der Waals surface area contributed by atoms with E-state index >= 15 is 0 Å². The van der Waals surface area contributed by atoms with E-state index in [1.165, 1.54) is 11.3 Å². The molecule has 2 amide bonds. The lowest BCUT2D eigenvalue weighted by atomic mass is 9.86. The van der Waals surface area contributed by atoms with Crippen LogP contribution in [0.3, 0.4) is 0 Å². The van der Waals surface area contributed by atoms with E-state index in [2.05, 4.69) is 36.7 Å². The lowest BCUT2D eigenvalue weighted by Gasteiger charge is -2.36. The molecular weight excluding hydrogens is 500 g/mol. The predicted molar refractivity (Wildman–Crippen MR) is 150 cm³/mol. The topological polar surface area (TPSA) is 75.2 Å². The third-order valence-electron chi connectivity index (χ3n) is 6.90. The molecule has 5 rings (SSSR count). The van der Waals surface area contributed by atoms with Gasteiger partial charge in [-0.05, 0) is 42.2 Å². The van der Waals surface area contributed by atoms with E-state index in [-0.39, 0.29) is 23.8 Å². The average Bonchev–Trinajstić information content (AvgIpc) is 3.38. The summed E-state index contributed by atoms with van der Waals surface area (Å²) in [5, 5.41) is 2.52. The SMILES string of the molecule is CCOc1ccccc1N1CCN(C(=O)c2csc(CN3C(=O)COc4ccc(C(C)(C)C)cc43)n2)CC1. The molecule has 3 aromatic rings. The maximum Gasteiger partial charge on any atom is 0.273 e. The van der Waals surface area contributed by atoms with Gasteiger partial charge in [-0.1, -0.05) is 39.0 Å². The van der Waals surface area contributed by atoms with Crippen LogP contribution in [0.5, 0.6) is 11.5 Å². The molecular formula is C29H34N4O4S. The predicted octanol–water partition coefficient (Wildman–Crippen LogP) is 4.73. The van der Waals surface area contributed by atoms with Crippen molar-refractivity contribution < 1.29 is 19.1 Å². The first kappa shape index (κ1) is 26.0. The van der Waals surface area contributed by atoms with Crippen LogP contribution in [0.1, 0.15) is 48.8 Å². The van der Waals surface area contributed by atoms with Crippen molar-refractivity contribution in [2.75, 3.05) is 49.2 Å². The molecule has 2 aliphatic rings. The fourth-order valence-electron chi connectivity index (χ4n) is 4.77. The highest BCUT2D eigenvalue weighted by Crippen LogP contribution is 2.37. The van der Waals surface area contributed by atoms with Crippen LogP contribution >= 0.6 is 11.3 Å². The van der Waals surface area contributed by atoms with Crippen molar-refractivity contribution >= 4 is 34.5 Å². The van der Waals surface area contributed by atoms with Crippen LogP contribution in [0.25, 0.3) is 0 Å². The molecule has 0 spiro atoms. The van der Waals surface area contributed by atoms with Crippen molar-refractivity contribution in [3.8, 4) is 11.5 Å². The van der Waals surface area contributed by atoms with E-state index in [1.807, 2.05) is 48.2 Å². The lowest BCUT2D eigenvalue weighted by molar-refractivity contribution is -0.121. The van der Waals surface area contributed by atoms with Crippen LogP contribution in [0.15, 0.2) is 47.8 Å². The summed E-state index contributed by atoms with van der Waals surface area (Å²) in [5.41, 5.74) is 3.30. The molecule has 1 aromatic heterocycles. The number of anilines is 2. The summed E-state index contributed by atoms with van der Waals surface area (Å²) >= 11 is 1.41. The molecule has 1 saturated heterocycles. The van der Waals surface area contributed by atoms with E-state index in [4.69, 9.17) is 9.47 Å². The summed E-state index contributed by atoms with van der Waals surface area (Å²) in [6.07, 6.45) is 0. The molecule has 0 saturated carbocycles. The van der Waals surface area contributed by atoms with E-state index in [0.29, 0.717) is 37.7 Å². The Balaban J connectivity index is 1.26. The number of ether oxygens (including phenoxy) is 2. The summed E-state index contributed by atoms with van der Waals surface area (Å²) in [5.74, 6) is 1.37. The number of para-hydroxylation sites is 2. The van der Waals surface area contributed by atoms with Gasteiger partial charge in [0.25, 0.3) is 11.8 Å². The molecule has 1 fully saturated rings. The number of rotatable bonds is 6. The number of hydrogen-bond donors (Lipinski definition) is 0. The smallest absolute Gasteiger partial charge is 0.273 e. The Hall–Kier alpha value is -3.59. The van der Waals surface area contributed by atoms with Crippen molar-refractivity contribution in [3.05, 3.63) is 64.1 Å². The number of carbonyl (C=O) groups is 2. The normalized spacial score (nSPS) is 15.8. The van der Waals surface area contributed by atoms with E-state index in [1.54, 1.807) is 10.3 Å². The van der Waals surface area contributed by atoms with Gasteiger partial charge in [0.2, 0.25) is 0 Å². The molecule has 9 heteroatoms. The largest absolute Gasteiger partial charge is 0.492 e. The first-order valence-electron chi connectivity index (χ1n) is 13.0. The molecule has 38 heavy (non-hydrogen) atoms. The fraction of sp³-hybridized carbons (Fsp3) is 0.414. The summed E-state index contributed by atoms with van der Waals surface area (Å²) in [4.78, 5) is 36.5. The van der Waals surface area contributed by atoms with Crippen molar-refractivity contribution in [3.63, 3.8) is 0 Å². The standard InChI is InChI=1S/C29H34N4O4S/c1-5-36-24-9-7-6-8-22(24)31-12-14-32(15-13-31)28(35)21-19-38-26(30-21)17-33-23-16-20(29(2,3)4)10-11-25(23)37-18-27(33)34/h6-11,16,19H,5,12-15,17-18H2,1-4H3. The molecule has 0 N–H and O–H groups in total. The fourth-order valence-corrected chi connectivity index (χ4v) is 5.52. The Bertz CT molecular complexity index is 1320. The second-order valence-corrected chi connectivity index (χ2v) is 11.5. The maximum absolute atomic E-state index is 13.3. The highest BCUT2D eigenvalue weighted by molar-refractivity contribution is 7.09. The van der Waals surface area contributed by atoms with Gasteiger partial charge in [-0.2, -0.15) is 0 Å². The molecule has 8 nitrogen and oxygen atoms in total. The third kappa shape index (κ3) is 5.34. The number of nitrogens with zero attached hydrogens (tertiary/aromatic N) is 4. The number of amides is 2. The first-order chi connectivity index (χ1) is 18.2. The Labute approximate surface area is 227 Å². The maximum atomic E-state index is 13.3. The Kier molecular flexibility index (Phi) is 7.29. The minimum Gasteiger partial charge on any atom is -0.492 e. The quantitative estimate of drug-likeness (QED) is 0.455. The number of aromatic nitrogens is 1. The van der Waals surface area contributed by atoms with Gasteiger partial charge in [0.1, 0.15) is 22.2 Å². The molecule has 2 aromatic carbocycles. The molecule has 0 aliphatic carbocycles. The zero-order chi connectivity index (χ0) is 26.9. The van der Waals surface area contributed by atoms with Crippen molar-refractivity contribution in [1.82, 2.24) is 9.88 Å². The van der Waals surface area contributed by atoms with Gasteiger partial charge >= 0.3 is 0 Å². The van der Waals surface area contributed by atoms with Gasteiger partial charge in [-0.3, -0.25) is 14.5 Å². The number of thiazole rings is 1. The zero-order valence-electron chi connectivity index (χ0n) is 22.4. The number of hydrogen-bond acceptors (Lipinski definition) is 7. The molecule has 0 atom stereocenters. The number of carbonyl (C=O) groups excluding carboxylic acids is 2. The van der Waals surface area contributed by atoms with Gasteiger partial charge in [0.05, 0.1) is 24.5 Å². The summed E-state index contributed by atoms with van der Waals surface area (Å²) in [6.45, 7) is 12.0. The Morgan fingerprint density at radius 2 is 1.84 bits per heavy atom. The highest BCUT2D eigenvalue weighted by Gasteiger charge is 2.30. The monoisotopic (exact) mass is 534 g/mol. The van der Waals surface area contributed by atoms with Crippen LogP contribution in [0.2, 0.25) is 0 Å². The molecule has 0 radical (unpaired) electrons. The van der Waals surface area contributed by atoms with Crippen molar-refractivity contribution in [2.24, 2.45) is 0 Å². The Morgan fingerprint density at radius 1 is 1.08 bits per heavy atom. The Morgan fingerprint density at radius 3 is 2.58 bits per heavy atom. The number of fused-ring (bicyclic) bond motifs is 1. The van der Waals surface area contributed by atoms with Crippen molar-refractivity contribution in [2.45, 2.75) is 39.7 Å². The second kappa shape index (κ2) is 10.6. The summed E-state index contributed by atoms with van der Waals surface area (Å²) in [7, 11) is 0. The average molecular weight is 535 g/mol. The molecule has 3 heterocycles. The van der Waals surface area contributed by atoms with Gasteiger partial charge in [0.15, 0.2) is 6.61 Å². The molecule has 0 bridgehead atoms. The number of piperazine rings is 1. The molecule has 200 valence electrons. The third-order valence-corrected chi connectivity index (χ3v) is 7.74. The van der Waals surface area contributed by atoms with Gasteiger partial charge < -0.3 is 19.3 Å². The van der Waals surface area contributed by atoms with Crippen LogP contribution in [0.4, 0.5) is 11.4 Å². The van der Waals surface area contributed by atoms with Crippen LogP contribution in [0, 0.1) is 0 Å². The highest BCUT2D eigenvalue weighted by atomic mass is 32.1. The summed E-state index contributed by atoms with van der Waals surface area (Å²) in [6, 6.07) is 14.0. The van der Waals surface area contributed by atoms with Gasteiger partial charge in [0, 0.05) is 31.6 Å². The first-order valence-corrected chi connectivity index (χ1v) is 13.9. The van der Waals surface area contributed by atoms with Crippen molar-refractivity contribution in [1.29, 1.82) is 0 Å². The van der Waals surface area contributed by atoms with E-state index < -0.39 is 0 Å². The van der Waals surface area contributed by atoms with Crippen LogP contribution in [-0.2, 0) is 16.8 Å². The van der Waals surface area contributed by atoms with Gasteiger partial charge in [-0.15, -0.1) is 11.3 Å². The van der Waals surface area contributed by atoms with Crippen LogP contribution in [-0.4, -0.2) is 61.1 Å². The van der Waals surface area contributed by atoms with Gasteiger partial charge in [-0.25, -0.2) is 4.98 Å². The molecule has 0 unspecified atom stereocenters. The lowest BCUT2D eigenvalue weighted by Crippen LogP contribution is -2.49. The minimum atomic E-state index is -0.116. The minimum absolute atomic E-state index is 0.00424. The number of benzene rings is 2.